The zero-order valence-corrected chi connectivity index (χ0v) is 15.9. The largest absolute Gasteiger partial charge is 0.435 e. The van der Waals surface area contributed by atoms with Crippen LogP contribution in [0.1, 0.15) is 17.5 Å². The molecule has 0 spiro atoms. The number of benzene rings is 1. The van der Waals surface area contributed by atoms with Crippen LogP contribution in [0.15, 0.2) is 42.6 Å². The third-order valence-corrected chi connectivity index (χ3v) is 4.81. The van der Waals surface area contributed by atoms with Gasteiger partial charge in [0, 0.05) is 38.8 Å². The van der Waals surface area contributed by atoms with E-state index in [9.17, 15) is 26.7 Å². The third-order valence-electron chi connectivity index (χ3n) is 4.81. The van der Waals surface area contributed by atoms with Gasteiger partial charge in [-0.05, 0) is 36.2 Å². The Kier molecular flexibility index (Phi) is 6.73. The Balaban J connectivity index is 1.46. The number of piperazine rings is 1. The van der Waals surface area contributed by atoms with Crippen LogP contribution in [0.2, 0.25) is 0 Å². The number of aromatic nitrogens is 1. The molecule has 0 unspecified atom stereocenters. The lowest BCUT2D eigenvalue weighted by molar-refractivity contribution is -0.138. The van der Waals surface area contributed by atoms with Crippen molar-refractivity contribution in [3.05, 3.63) is 53.7 Å². The lowest BCUT2D eigenvalue weighted by Gasteiger charge is -2.35. The Hall–Kier alpha value is -2.91. The Morgan fingerprint density at radius 2 is 1.70 bits per heavy atom. The van der Waals surface area contributed by atoms with Crippen LogP contribution in [-0.2, 0) is 17.4 Å². The minimum Gasteiger partial charge on any atom is -0.435 e. The molecule has 0 radical (unpaired) electrons. The Bertz CT molecular complexity index is 833. The average Bonchev–Trinajstić information content (AvgIpc) is 2.72. The molecule has 0 N–H and O–H groups in total. The van der Waals surface area contributed by atoms with Crippen LogP contribution < -0.4 is 9.64 Å². The van der Waals surface area contributed by atoms with Gasteiger partial charge in [-0.2, -0.15) is 22.0 Å². The number of carbonyl (C=O) groups excluding carboxylic acids is 1. The van der Waals surface area contributed by atoms with Crippen LogP contribution in [0, 0.1) is 0 Å². The Labute approximate surface area is 170 Å². The molecule has 2 heterocycles. The maximum Gasteiger partial charge on any atom is 0.417 e. The molecule has 5 nitrogen and oxygen atoms in total. The van der Waals surface area contributed by atoms with Gasteiger partial charge in [0.1, 0.15) is 11.6 Å². The lowest BCUT2D eigenvalue weighted by atomic mass is 10.1. The summed E-state index contributed by atoms with van der Waals surface area (Å²) in [7, 11) is 0. The van der Waals surface area contributed by atoms with E-state index < -0.39 is 18.4 Å². The molecule has 162 valence electrons. The van der Waals surface area contributed by atoms with Gasteiger partial charge in [-0.1, -0.05) is 12.1 Å². The summed E-state index contributed by atoms with van der Waals surface area (Å²) >= 11 is 0. The highest BCUT2D eigenvalue weighted by molar-refractivity contribution is 5.76. The number of alkyl halides is 5. The van der Waals surface area contributed by atoms with Crippen molar-refractivity contribution >= 4 is 11.7 Å². The summed E-state index contributed by atoms with van der Waals surface area (Å²) in [5.41, 5.74) is 0.0337. The van der Waals surface area contributed by atoms with E-state index in [1.807, 2.05) is 4.90 Å². The molecule has 1 saturated heterocycles. The predicted octanol–water partition coefficient (Wildman–Crippen LogP) is 3.98. The van der Waals surface area contributed by atoms with E-state index >= 15 is 0 Å². The molecule has 1 aromatic heterocycles. The summed E-state index contributed by atoms with van der Waals surface area (Å²) < 4.78 is 66.5. The van der Waals surface area contributed by atoms with Gasteiger partial charge in [0.15, 0.2) is 0 Å². The first-order chi connectivity index (χ1) is 14.2. The van der Waals surface area contributed by atoms with E-state index in [0.29, 0.717) is 38.4 Å². The molecule has 10 heteroatoms. The molecule has 1 aliphatic heterocycles. The average molecular weight is 429 g/mol. The molecule has 0 atom stereocenters. The number of carbonyl (C=O) groups is 1. The van der Waals surface area contributed by atoms with E-state index in [4.69, 9.17) is 0 Å². The standard InChI is InChI=1S/C20H20F5N3O2/c21-19(22)30-16-5-1-14(2-6-16)3-8-18(29)28-11-9-27(10-12-28)17-7-4-15(13-26-17)20(23,24)25/h1-2,4-7,13,19H,3,8-12H2. The summed E-state index contributed by atoms with van der Waals surface area (Å²) in [5, 5.41) is 0. The summed E-state index contributed by atoms with van der Waals surface area (Å²) in [6, 6.07) is 8.47. The highest BCUT2D eigenvalue weighted by Gasteiger charge is 2.31. The van der Waals surface area contributed by atoms with Gasteiger partial charge in [-0.15, -0.1) is 0 Å². The molecule has 1 aliphatic rings. The molecule has 2 aromatic rings. The molecule has 1 fully saturated rings. The second kappa shape index (κ2) is 9.27. The number of rotatable bonds is 6. The predicted molar refractivity (Wildman–Crippen MR) is 99.4 cm³/mol. The van der Waals surface area contributed by atoms with Crippen LogP contribution in [-0.4, -0.2) is 48.6 Å². The van der Waals surface area contributed by atoms with Gasteiger partial charge in [-0.25, -0.2) is 4.98 Å². The van der Waals surface area contributed by atoms with Crippen molar-refractivity contribution in [3.63, 3.8) is 0 Å². The molecule has 30 heavy (non-hydrogen) atoms. The molecule has 1 aromatic carbocycles. The Morgan fingerprint density at radius 1 is 1.03 bits per heavy atom. The van der Waals surface area contributed by atoms with Gasteiger partial charge in [0.25, 0.3) is 0 Å². The monoisotopic (exact) mass is 429 g/mol. The number of ether oxygens (including phenoxy) is 1. The number of nitrogens with zero attached hydrogens (tertiary/aromatic N) is 3. The van der Waals surface area contributed by atoms with Crippen LogP contribution in [0.25, 0.3) is 0 Å². The molecule has 1 amide bonds. The number of anilines is 1. The highest BCUT2D eigenvalue weighted by Crippen LogP contribution is 2.29. The van der Waals surface area contributed by atoms with Crippen LogP contribution in [0.3, 0.4) is 0 Å². The van der Waals surface area contributed by atoms with Crippen molar-refractivity contribution < 1.29 is 31.5 Å². The molecule has 3 rings (SSSR count). The molecule has 0 aliphatic carbocycles. The molecular formula is C20H20F5N3O2. The fourth-order valence-corrected chi connectivity index (χ4v) is 3.17. The summed E-state index contributed by atoms with van der Waals surface area (Å²) in [5.74, 6) is 0.470. The third kappa shape index (κ3) is 5.80. The Morgan fingerprint density at radius 3 is 2.23 bits per heavy atom. The van der Waals surface area contributed by atoms with Crippen LogP contribution in [0.4, 0.5) is 27.8 Å². The molecule has 0 saturated carbocycles. The zero-order valence-electron chi connectivity index (χ0n) is 15.9. The van der Waals surface area contributed by atoms with Gasteiger partial charge in [-0.3, -0.25) is 4.79 Å². The number of hydrogen-bond acceptors (Lipinski definition) is 4. The van der Waals surface area contributed by atoms with Crippen molar-refractivity contribution in [2.24, 2.45) is 0 Å². The van der Waals surface area contributed by atoms with E-state index in [-0.39, 0.29) is 18.1 Å². The van der Waals surface area contributed by atoms with E-state index in [1.54, 1.807) is 17.0 Å². The minimum atomic E-state index is -4.42. The quantitative estimate of drug-likeness (QED) is 0.652. The van der Waals surface area contributed by atoms with Crippen molar-refractivity contribution in [2.45, 2.75) is 25.6 Å². The fraction of sp³-hybridized carbons (Fsp3) is 0.400. The number of halogens is 5. The van der Waals surface area contributed by atoms with Crippen molar-refractivity contribution in [2.75, 3.05) is 31.1 Å². The first kappa shape index (κ1) is 21.8. The summed E-state index contributed by atoms with van der Waals surface area (Å²) in [6.45, 7) is -1.03. The van der Waals surface area contributed by atoms with Gasteiger partial charge >= 0.3 is 12.8 Å². The van der Waals surface area contributed by atoms with E-state index in [1.165, 1.54) is 18.2 Å². The van der Waals surface area contributed by atoms with Crippen LogP contribution in [0.5, 0.6) is 5.75 Å². The summed E-state index contributed by atoms with van der Waals surface area (Å²) in [4.78, 5) is 19.9. The maximum absolute atomic E-state index is 12.6. The number of amides is 1. The van der Waals surface area contributed by atoms with Crippen molar-refractivity contribution in [1.82, 2.24) is 9.88 Å². The minimum absolute atomic E-state index is 0.0389. The topological polar surface area (TPSA) is 45.7 Å². The smallest absolute Gasteiger partial charge is 0.417 e. The SMILES string of the molecule is O=C(CCc1ccc(OC(F)F)cc1)N1CCN(c2ccc(C(F)(F)F)cn2)CC1. The first-order valence-corrected chi connectivity index (χ1v) is 9.32. The number of pyridine rings is 1. The zero-order chi connectivity index (χ0) is 21.7. The maximum atomic E-state index is 12.6. The lowest BCUT2D eigenvalue weighted by Crippen LogP contribution is -2.49. The number of aryl methyl sites for hydroxylation is 1. The van der Waals surface area contributed by atoms with Crippen molar-refractivity contribution in [3.8, 4) is 5.75 Å². The van der Waals surface area contributed by atoms with Gasteiger partial charge < -0.3 is 14.5 Å². The van der Waals surface area contributed by atoms with Crippen LogP contribution >= 0.6 is 0 Å². The second-order valence-electron chi connectivity index (χ2n) is 6.79. The van der Waals surface area contributed by atoms with E-state index in [0.717, 1.165) is 17.8 Å². The fourth-order valence-electron chi connectivity index (χ4n) is 3.17. The molecule has 0 bridgehead atoms. The summed E-state index contributed by atoms with van der Waals surface area (Å²) in [6.07, 6.45) is -2.88. The number of hydrogen-bond donors (Lipinski definition) is 0. The second-order valence-corrected chi connectivity index (χ2v) is 6.79. The highest BCUT2D eigenvalue weighted by atomic mass is 19.4. The first-order valence-electron chi connectivity index (χ1n) is 9.32. The van der Waals surface area contributed by atoms with Gasteiger partial charge in [0.05, 0.1) is 5.56 Å². The van der Waals surface area contributed by atoms with E-state index in [2.05, 4.69) is 9.72 Å². The molecular weight excluding hydrogens is 409 g/mol. The van der Waals surface area contributed by atoms with Crippen molar-refractivity contribution in [1.29, 1.82) is 0 Å². The normalized spacial score (nSPS) is 14.9. The van der Waals surface area contributed by atoms with Gasteiger partial charge in [0.2, 0.25) is 5.91 Å².